The molecule has 2 aromatic heterocycles. The Morgan fingerprint density at radius 3 is 2.56 bits per heavy atom. The maximum Gasteiger partial charge on any atom is 0.272 e. The zero-order valence-electron chi connectivity index (χ0n) is 23.4. The predicted molar refractivity (Wildman–Crippen MR) is 163 cm³/mol. The average Bonchev–Trinajstić information content (AvgIpc) is 3.69. The maximum absolute atomic E-state index is 13.1. The third kappa shape index (κ3) is 6.88. The van der Waals surface area contributed by atoms with Crippen LogP contribution in [0.3, 0.4) is 0 Å². The van der Waals surface area contributed by atoms with Crippen molar-refractivity contribution in [3.63, 3.8) is 0 Å². The smallest absolute Gasteiger partial charge is 0.272 e. The molecule has 12 nitrogen and oxygen atoms in total. The summed E-state index contributed by atoms with van der Waals surface area (Å²) in [5, 5.41) is 17.3. The van der Waals surface area contributed by atoms with Gasteiger partial charge >= 0.3 is 0 Å². The molecule has 41 heavy (non-hydrogen) atoms. The van der Waals surface area contributed by atoms with Crippen LogP contribution >= 0.6 is 11.3 Å². The largest absolute Gasteiger partial charge is 0.494 e. The summed E-state index contributed by atoms with van der Waals surface area (Å²) in [6.45, 7) is 2.13. The summed E-state index contributed by atoms with van der Waals surface area (Å²) in [5.41, 5.74) is 1.61. The van der Waals surface area contributed by atoms with Gasteiger partial charge < -0.3 is 30.3 Å². The Kier molecular flexibility index (Phi) is 8.31. The van der Waals surface area contributed by atoms with Gasteiger partial charge in [0.1, 0.15) is 33.4 Å². The summed E-state index contributed by atoms with van der Waals surface area (Å²) in [5.74, 6) is 0.0557. The number of hydrogen-bond donors (Lipinski definition) is 3. The Balaban J connectivity index is 1.46. The highest BCUT2D eigenvalue weighted by atomic mass is 32.1. The van der Waals surface area contributed by atoms with E-state index in [1.165, 1.54) is 18.4 Å². The molecule has 0 spiro atoms. The number of hydrogen-bond acceptors (Lipinski definition) is 10. The molecule has 3 N–H and O–H groups in total. The van der Waals surface area contributed by atoms with Crippen LogP contribution in [0.4, 0.5) is 17.2 Å². The third-order valence-corrected chi connectivity index (χ3v) is 7.45. The summed E-state index contributed by atoms with van der Waals surface area (Å²) >= 11 is 1.28. The van der Waals surface area contributed by atoms with E-state index in [1.54, 1.807) is 23.2 Å². The Bertz CT molecular complexity index is 1470. The number of methoxy groups -OCH3 is 1. The van der Waals surface area contributed by atoms with Gasteiger partial charge in [0.25, 0.3) is 11.8 Å². The predicted octanol–water partition coefficient (Wildman–Crippen LogP) is -0.586. The Hall–Kier alpha value is -3.91. The van der Waals surface area contributed by atoms with Crippen LogP contribution in [-0.4, -0.2) is 100.0 Å². The van der Waals surface area contributed by atoms with Gasteiger partial charge in [-0.15, -0.1) is 21.5 Å². The molecule has 1 saturated carbocycles. The molecule has 16 heteroatoms. The van der Waals surface area contributed by atoms with E-state index in [1.807, 2.05) is 35.7 Å². The van der Waals surface area contributed by atoms with Gasteiger partial charge in [0.15, 0.2) is 17.3 Å². The lowest BCUT2D eigenvalue weighted by atomic mass is 9.49. The first kappa shape index (κ1) is 28.6. The fourth-order valence-electron chi connectivity index (χ4n) is 4.28. The molecule has 210 valence electrons. The van der Waals surface area contributed by atoms with Crippen molar-refractivity contribution in [3.8, 4) is 16.3 Å². The maximum atomic E-state index is 13.1. The number of aromatic nitrogens is 3. The van der Waals surface area contributed by atoms with E-state index < -0.39 is 11.1 Å². The van der Waals surface area contributed by atoms with Crippen molar-refractivity contribution >= 4 is 69.8 Å². The molecular weight excluding hydrogens is 543 g/mol. The lowest BCUT2D eigenvalue weighted by Crippen LogP contribution is -2.50. The number of para-hydroxylation sites is 1. The van der Waals surface area contributed by atoms with E-state index in [-0.39, 0.29) is 29.2 Å². The van der Waals surface area contributed by atoms with Gasteiger partial charge in [0.05, 0.1) is 43.5 Å². The quantitative estimate of drug-likeness (QED) is 0.286. The van der Waals surface area contributed by atoms with E-state index in [2.05, 4.69) is 31.1 Å². The highest BCUT2D eigenvalue weighted by Crippen LogP contribution is 2.40. The summed E-state index contributed by atoms with van der Waals surface area (Å²) < 4.78 is 11.1. The number of amides is 3. The zero-order chi connectivity index (χ0) is 29.1. The lowest BCUT2D eigenvalue weighted by molar-refractivity contribution is -0.117. The van der Waals surface area contributed by atoms with E-state index in [0.717, 1.165) is 12.8 Å². The third-order valence-electron chi connectivity index (χ3n) is 6.43. The van der Waals surface area contributed by atoms with Crippen LogP contribution in [0.25, 0.3) is 10.6 Å². The van der Waals surface area contributed by atoms with Gasteiger partial charge in [-0.1, -0.05) is 6.07 Å². The van der Waals surface area contributed by atoms with Crippen LogP contribution < -0.4 is 20.7 Å². The van der Waals surface area contributed by atoms with E-state index in [9.17, 15) is 14.4 Å². The number of benzene rings is 1. The molecule has 1 aliphatic carbocycles. The first-order valence-corrected chi connectivity index (χ1v) is 14.2. The Labute approximate surface area is 244 Å². The Morgan fingerprint density at radius 2 is 1.88 bits per heavy atom. The summed E-state index contributed by atoms with van der Waals surface area (Å²) in [7, 11) is 7.15. The molecule has 0 unspecified atom stereocenters. The normalized spacial score (nSPS) is 15.2. The minimum absolute atomic E-state index is 0.0211. The molecule has 3 aromatic rings. The SMILES string of the molecule is BC(B)(B)NC(=O)c1nnc(NC(=O)C2CC2)cc1Nc1cccc(-c2ncc(C(=O)N3CCOCC3)s2)c1OC. The van der Waals surface area contributed by atoms with Gasteiger partial charge in [-0.3, -0.25) is 14.4 Å². The monoisotopic (exact) mass is 573 g/mol. The number of thiazole rings is 1. The van der Waals surface area contributed by atoms with Crippen molar-refractivity contribution in [2.75, 3.05) is 44.0 Å². The van der Waals surface area contributed by atoms with Gasteiger partial charge in [0.2, 0.25) is 5.91 Å². The number of morpholine rings is 1. The molecule has 2 fully saturated rings. The fourth-order valence-corrected chi connectivity index (χ4v) is 5.18. The number of nitrogens with zero attached hydrogens (tertiary/aromatic N) is 4. The molecule has 0 atom stereocenters. The second kappa shape index (κ2) is 11.9. The summed E-state index contributed by atoms with van der Waals surface area (Å²) in [6, 6.07) is 7.05. The van der Waals surface area contributed by atoms with Crippen LogP contribution in [0.5, 0.6) is 5.75 Å². The highest BCUT2D eigenvalue weighted by molar-refractivity contribution is 7.17. The standard InChI is InChI=1S/C25H30B3N7O5S/c1-39-20-14(23-29-12-17(41-23)24(38)35-7-9-40-10-8-35)3-2-4-15(20)30-16-11-18(31-21(36)13-5-6-13)33-34-19(16)22(37)32-25(26,27)28/h2-4,11-13H,5-10,26-28H2,1H3,(H,32,37)(H2,30,31,33,36). The molecule has 0 radical (unpaired) electrons. The summed E-state index contributed by atoms with van der Waals surface area (Å²) in [4.78, 5) is 45.3. The minimum Gasteiger partial charge on any atom is -0.494 e. The lowest BCUT2D eigenvalue weighted by Gasteiger charge is -2.26. The zero-order valence-corrected chi connectivity index (χ0v) is 24.3. The average molecular weight is 573 g/mol. The number of carbonyl (C=O) groups excluding carboxylic acids is 3. The van der Waals surface area contributed by atoms with Crippen molar-refractivity contribution in [1.29, 1.82) is 0 Å². The first-order valence-electron chi connectivity index (χ1n) is 13.4. The number of anilines is 3. The number of ether oxygens (including phenoxy) is 2. The molecular formula is C25H30B3N7O5S. The van der Waals surface area contributed by atoms with Crippen molar-refractivity contribution in [3.05, 3.63) is 41.0 Å². The van der Waals surface area contributed by atoms with Gasteiger partial charge in [0, 0.05) is 25.1 Å². The molecule has 3 heterocycles. The van der Waals surface area contributed by atoms with Crippen molar-refractivity contribution in [2.45, 2.75) is 18.1 Å². The fraction of sp³-hybridized carbons (Fsp3) is 0.360. The van der Waals surface area contributed by atoms with Crippen molar-refractivity contribution in [1.82, 2.24) is 25.4 Å². The first-order chi connectivity index (χ1) is 19.6. The van der Waals surface area contributed by atoms with E-state index >= 15 is 0 Å². The summed E-state index contributed by atoms with van der Waals surface area (Å²) in [6.07, 6.45) is 3.27. The van der Waals surface area contributed by atoms with Gasteiger partial charge in [-0.05, 0) is 30.2 Å². The molecule has 3 amide bonds. The van der Waals surface area contributed by atoms with Gasteiger partial charge in [-0.25, -0.2) is 4.98 Å². The van der Waals surface area contributed by atoms with Gasteiger partial charge in [-0.2, -0.15) is 0 Å². The molecule has 1 aliphatic heterocycles. The number of rotatable bonds is 9. The second-order valence-electron chi connectivity index (χ2n) is 10.9. The van der Waals surface area contributed by atoms with Crippen molar-refractivity contribution in [2.24, 2.45) is 5.92 Å². The second-order valence-corrected chi connectivity index (χ2v) is 11.9. The number of nitrogens with one attached hydrogen (secondary N) is 3. The van der Waals surface area contributed by atoms with E-state index in [0.29, 0.717) is 58.9 Å². The van der Waals surface area contributed by atoms with Crippen LogP contribution in [0.15, 0.2) is 30.5 Å². The highest BCUT2D eigenvalue weighted by Gasteiger charge is 2.30. The molecule has 1 saturated heterocycles. The minimum atomic E-state index is -0.506. The van der Waals surface area contributed by atoms with E-state index in [4.69, 9.17) is 9.47 Å². The molecule has 1 aromatic carbocycles. The van der Waals surface area contributed by atoms with Crippen LogP contribution in [-0.2, 0) is 9.53 Å². The number of carbonyl (C=O) groups is 3. The van der Waals surface area contributed by atoms with Crippen LogP contribution in [0.2, 0.25) is 0 Å². The van der Waals surface area contributed by atoms with Crippen LogP contribution in [0, 0.1) is 5.92 Å². The molecule has 2 aliphatic rings. The van der Waals surface area contributed by atoms with Crippen molar-refractivity contribution < 1.29 is 23.9 Å². The topological polar surface area (TPSA) is 148 Å². The molecule has 5 rings (SSSR count). The molecule has 0 bridgehead atoms. The Morgan fingerprint density at radius 1 is 1.12 bits per heavy atom. The van der Waals surface area contributed by atoms with Crippen LogP contribution in [0.1, 0.15) is 33.0 Å².